The molecule has 0 aliphatic rings. The first-order chi connectivity index (χ1) is 10.2. The standard InChI is InChI=1S/C17H29N3O2/c1-12(2)16(19(4)5)11-20(6)17(21)18-14-8-13(3)9-15(10-14)22-7/h8-10,12,16H,11H2,1-7H3,(H,18,21). The lowest BCUT2D eigenvalue weighted by Crippen LogP contribution is -2.45. The first-order valence-corrected chi connectivity index (χ1v) is 7.58. The van der Waals surface area contributed by atoms with Gasteiger partial charge in [-0.05, 0) is 44.6 Å². The smallest absolute Gasteiger partial charge is 0.321 e. The Morgan fingerprint density at radius 1 is 1.23 bits per heavy atom. The lowest BCUT2D eigenvalue weighted by Gasteiger charge is -2.32. The minimum atomic E-state index is -0.111. The van der Waals surface area contributed by atoms with Crippen LogP contribution in [0, 0.1) is 12.8 Å². The molecule has 0 aliphatic heterocycles. The molecule has 1 unspecified atom stereocenters. The van der Waals surface area contributed by atoms with Crippen LogP contribution < -0.4 is 10.1 Å². The molecule has 1 rings (SSSR count). The highest BCUT2D eigenvalue weighted by molar-refractivity contribution is 5.89. The van der Waals surface area contributed by atoms with Crippen LogP contribution in [0.1, 0.15) is 19.4 Å². The average Bonchev–Trinajstić information content (AvgIpc) is 2.42. The fraction of sp³-hybridized carbons (Fsp3) is 0.588. The molecular weight excluding hydrogens is 278 g/mol. The number of aryl methyl sites for hydroxylation is 1. The maximum atomic E-state index is 12.4. The second-order valence-electron chi connectivity index (χ2n) is 6.32. The first-order valence-electron chi connectivity index (χ1n) is 7.58. The second-order valence-corrected chi connectivity index (χ2v) is 6.32. The van der Waals surface area contributed by atoms with E-state index in [1.165, 1.54) is 0 Å². The van der Waals surface area contributed by atoms with Crippen molar-refractivity contribution >= 4 is 11.7 Å². The fourth-order valence-electron chi connectivity index (χ4n) is 2.49. The molecule has 0 fully saturated rings. The van der Waals surface area contributed by atoms with E-state index in [9.17, 15) is 4.79 Å². The van der Waals surface area contributed by atoms with Crippen molar-refractivity contribution < 1.29 is 9.53 Å². The maximum absolute atomic E-state index is 12.4. The van der Waals surface area contributed by atoms with Crippen LogP contribution in [0.5, 0.6) is 5.75 Å². The summed E-state index contributed by atoms with van der Waals surface area (Å²) in [6.07, 6.45) is 0. The van der Waals surface area contributed by atoms with Crippen molar-refractivity contribution in [1.82, 2.24) is 9.80 Å². The van der Waals surface area contributed by atoms with Gasteiger partial charge in [-0.3, -0.25) is 0 Å². The van der Waals surface area contributed by atoms with Gasteiger partial charge in [0.2, 0.25) is 0 Å². The van der Waals surface area contributed by atoms with Crippen LogP contribution >= 0.6 is 0 Å². The number of nitrogens with zero attached hydrogens (tertiary/aromatic N) is 2. The number of carbonyl (C=O) groups is 1. The number of amides is 2. The van der Waals surface area contributed by atoms with Gasteiger partial charge in [-0.15, -0.1) is 0 Å². The van der Waals surface area contributed by atoms with E-state index >= 15 is 0 Å². The SMILES string of the molecule is COc1cc(C)cc(NC(=O)N(C)CC(C(C)C)N(C)C)c1. The van der Waals surface area contributed by atoms with Gasteiger partial charge in [0, 0.05) is 31.4 Å². The summed E-state index contributed by atoms with van der Waals surface area (Å²) in [5.41, 5.74) is 1.80. The number of anilines is 1. The summed E-state index contributed by atoms with van der Waals surface area (Å²) in [6.45, 7) is 6.99. The predicted molar refractivity (Wildman–Crippen MR) is 91.7 cm³/mol. The number of rotatable bonds is 6. The van der Waals surface area contributed by atoms with Crippen LogP contribution in [-0.4, -0.2) is 56.7 Å². The zero-order chi connectivity index (χ0) is 16.9. The van der Waals surface area contributed by atoms with Crippen molar-refractivity contribution in [1.29, 1.82) is 0 Å². The number of carbonyl (C=O) groups excluding carboxylic acids is 1. The molecule has 1 aromatic rings. The third-order valence-electron chi connectivity index (χ3n) is 3.78. The van der Waals surface area contributed by atoms with Gasteiger partial charge in [-0.2, -0.15) is 0 Å². The van der Waals surface area contributed by atoms with Crippen molar-refractivity contribution in [3.63, 3.8) is 0 Å². The molecule has 0 radical (unpaired) electrons. The van der Waals surface area contributed by atoms with Gasteiger partial charge in [0.15, 0.2) is 0 Å². The summed E-state index contributed by atoms with van der Waals surface area (Å²) in [4.78, 5) is 16.2. The third-order valence-corrected chi connectivity index (χ3v) is 3.78. The van der Waals surface area contributed by atoms with E-state index in [2.05, 4.69) is 24.1 Å². The Morgan fingerprint density at radius 2 is 1.86 bits per heavy atom. The van der Waals surface area contributed by atoms with Crippen LogP contribution in [0.3, 0.4) is 0 Å². The van der Waals surface area contributed by atoms with E-state index in [0.717, 1.165) is 17.0 Å². The van der Waals surface area contributed by atoms with Crippen molar-refractivity contribution in [3.05, 3.63) is 23.8 Å². The molecule has 22 heavy (non-hydrogen) atoms. The molecule has 124 valence electrons. The number of urea groups is 1. The summed E-state index contributed by atoms with van der Waals surface area (Å²) in [5.74, 6) is 1.22. The minimum Gasteiger partial charge on any atom is -0.497 e. The zero-order valence-corrected chi connectivity index (χ0v) is 14.8. The molecular formula is C17H29N3O2. The number of likely N-dealkylation sites (N-methyl/N-ethyl adjacent to an activating group) is 2. The molecule has 0 heterocycles. The molecule has 5 heteroatoms. The van der Waals surface area contributed by atoms with Crippen molar-refractivity contribution in [2.24, 2.45) is 5.92 Å². The lowest BCUT2D eigenvalue weighted by molar-refractivity contribution is 0.171. The van der Waals surface area contributed by atoms with Gasteiger partial charge in [0.1, 0.15) is 5.75 Å². The fourth-order valence-corrected chi connectivity index (χ4v) is 2.49. The largest absolute Gasteiger partial charge is 0.497 e. The Hall–Kier alpha value is -1.75. The number of hydrogen-bond acceptors (Lipinski definition) is 3. The minimum absolute atomic E-state index is 0.111. The molecule has 0 aromatic heterocycles. The monoisotopic (exact) mass is 307 g/mol. The summed E-state index contributed by atoms with van der Waals surface area (Å²) in [6, 6.07) is 5.90. The van der Waals surface area contributed by atoms with Gasteiger partial charge in [0.25, 0.3) is 0 Å². The topological polar surface area (TPSA) is 44.8 Å². The Balaban J connectivity index is 2.73. The molecule has 0 spiro atoms. The maximum Gasteiger partial charge on any atom is 0.321 e. The zero-order valence-electron chi connectivity index (χ0n) is 14.8. The van der Waals surface area contributed by atoms with Crippen LogP contribution in [0.25, 0.3) is 0 Å². The number of benzene rings is 1. The lowest BCUT2D eigenvalue weighted by atomic mass is 10.0. The number of nitrogens with one attached hydrogen (secondary N) is 1. The second kappa shape index (κ2) is 8.03. The molecule has 0 aliphatic carbocycles. The molecule has 1 N–H and O–H groups in total. The Labute approximate surface area is 134 Å². The van der Waals surface area contributed by atoms with Gasteiger partial charge < -0.3 is 19.9 Å². The molecule has 2 amide bonds. The molecule has 0 bridgehead atoms. The first kappa shape index (κ1) is 18.3. The number of methoxy groups -OCH3 is 1. The molecule has 1 atom stereocenters. The van der Waals surface area contributed by atoms with Crippen LogP contribution in [0.4, 0.5) is 10.5 Å². The highest BCUT2D eigenvalue weighted by Crippen LogP contribution is 2.20. The molecule has 0 saturated heterocycles. The summed E-state index contributed by atoms with van der Waals surface area (Å²) >= 11 is 0. The van der Waals surface area contributed by atoms with Crippen LogP contribution in [-0.2, 0) is 0 Å². The van der Waals surface area contributed by atoms with Gasteiger partial charge in [-0.1, -0.05) is 13.8 Å². The van der Waals surface area contributed by atoms with Crippen molar-refractivity contribution in [2.45, 2.75) is 26.8 Å². The quantitative estimate of drug-likeness (QED) is 0.878. The number of ether oxygens (including phenoxy) is 1. The normalized spacial score (nSPS) is 12.4. The molecule has 0 saturated carbocycles. The van der Waals surface area contributed by atoms with Crippen molar-refractivity contribution in [3.8, 4) is 5.75 Å². The van der Waals surface area contributed by atoms with Crippen molar-refractivity contribution in [2.75, 3.05) is 40.1 Å². The predicted octanol–water partition coefficient (Wildman–Crippen LogP) is 3.05. The Bertz CT molecular complexity index is 493. The Morgan fingerprint density at radius 3 is 2.36 bits per heavy atom. The summed E-state index contributed by atoms with van der Waals surface area (Å²) in [5, 5.41) is 2.93. The van der Waals surface area contributed by atoms with E-state index in [1.807, 2.05) is 46.3 Å². The van der Waals surface area contributed by atoms with E-state index in [1.54, 1.807) is 12.0 Å². The van der Waals surface area contributed by atoms with Crippen LogP contribution in [0.2, 0.25) is 0 Å². The number of hydrogen-bond donors (Lipinski definition) is 1. The average molecular weight is 307 g/mol. The van der Waals surface area contributed by atoms with E-state index in [0.29, 0.717) is 18.5 Å². The highest BCUT2D eigenvalue weighted by atomic mass is 16.5. The third kappa shape index (κ3) is 5.22. The Kier molecular flexibility index (Phi) is 6.68. The van der Waals surface area contributed by atoms with Gasteiger partial charge >= 0.3 is 6.03 Å². The highest BCUT2D eigenvalue weighted by Gasteiger charge is 2.20. The molecule has 5 nitrogen and oxygen atoms in total. The van der Waals surface area contributed by atoms with E-state index < -0.39 is 0 Å². The van der Waals surface area contributed by atoms with E-state index in [-0.39, 0.29) is 6.03 Å². The molecule has 1 aromatic carbocycles. The van der Waals surface area contributed by atoms with Gasteiger partial charge in [0.05, 0.1) is 7.11 Å². The summed E-state index contributed by atoms with van der Waals surface area (Å²) < 4.78 is 5.23. The van der Waals surface area contributed by atoms with Crippen LogP contribution in [0.15, 0.2) is 18.2 Å². The van der Waals surface area contributed by atoms with E-state index in [4.69, 9.17) is 4.74 Å². The summed E-state index contributed by atoms with van der Waals surface area (Å²) in [7, 11) is 7.53. The van der Waals surface area contributed by atoms with Gasteiger partial charge in [-0.25, -0.2) is 4.79 Å².